The van der Waals surface area contributed by atoms with Gasteiger partial charge in [-0.3, -0.25) is 0 Å². The third-order valence-corrected chi connectivity index (χ3v) is 3.94. The number of rotatable bonds is 5. The molecule has 4 nitrogen and oxygen atoms in total. The molecule has 0 saturated heterocycles. The summed E-state index contributed by atoms with van der Waals surface area (Å²) in [6.45, 7) is 8.52. The molecule has 0 aromatic heterocycles. The molecular weight excluding hydrogens is 300 g/mol. The van der Waals surface area contributed by atoms with Gasteiger partial charge in [-0.1, -0.05) is 52.0 Å². The van der Waals surface area contributed by atoms with Crippen molar-refractivity contribution in [2.75, 3.05) is 17.7 Å². The van der Waals surface area contributed by atoms with Gasteiger partial charge in [0.15, 0.2) is 0 Å². The van der Waals surface area contributed by atoms with Crippen molar-refractivity contribution in [3.63, 3.8) is 0 Å². The Balaban J connectivity index is 2.24. The van der Waals surface area contributed by atoms with Crippen LogP contribution in [0, 0.1) is 0 Å². The molecule has 0 aliphatic heterocycles. The number of anilines is 2. The van der Waals surface area contributed by atoms with E-state index in [9.17, 15) is 4.79 Å². The average Bonchev–Trinajstić information content (AvgIpc) is 2.54. The largest absolute Gasteiger partial charge is 0.497 e. The van der Waals surface area contributed by atoms with Crippen LogP contribution in [0.3, 0.4) is 0 Å². The smallest absolute Gasteiger partial charge is 0.323 e. The molecule has 2 aromatic rings. The van der Waals surface area contributed by atoms with Gasteiger partial charge in [0.05, 0.1) is 7.11 Å². The maximum atomic E-state index is 12.5. The van der Waals surface area contributed by atoms with Gasteiger partial charge in [0, 0.05) is 17.4 Å². The van der Waals surface area contributed by atoms with E-state index in [0.717, 1.165) is 16.8 Å². The number of nitrogens with one attached hydrogen (secondary N) is 2. The van der Waals surface area contributed by atoms with E-state index < -0.39 is 0 Å². The Labute approximate surface area is 144 Å². The summed E-state index contributed by atoms with van der Waals surface area (Å²) in [7, 11) is 1.60. The highest BCUT2D eigenvalue weighted by molar-refractivity contribution is 6.01. The Morgan fingerprint density at radius 2 is 1.50 bits per heavy atom. The highest BCUT2D eigenvalue weighted by Crippen LogP contribution is 2.32. The van der Waals surface area contributed by atoms with Crippen molar-refractivity contribution < 1.29 is 9.53 Å². The lowest BCUT2D eigenvalue weighted by molar-refractivity contribution is 0.262. The number of hydrogen-bond donors (Lipinski definition) is 2. The van der Waals surface area contributed by atoms with Crippen molar-refractivity contribution in [2.45, 2.75) is 39.5 Å². The first-order valence-electron chi connectivity index (χ1n) is 8.27. The van der Waals surface area contributed by atoms with E-state index in [1.807, 2.05) is 18.2 Å². The minimum atomic E-state index is -0.252. The van der Waals surface area contributed by atoms with E-state index in [1.54, 1.807) is 13.2 Å². The highest BCUT2D eigenvalue weighted by Gasteiger charge is 2.16. The van der Waals surface area contributed by atoms with Gasteiger partial charge in [0.25, 0.3) is 0 Å². The normalized spacial score (nSPS) is 10.8. The minimum absolute atomic E-state index is 0.252. The maximum absolute atomic E-state index is 12.5. The van der Waals surface area contributed by atoms with E-state index in [1.165, 1.54) is 0 Å². The molecule has 0 unspecified atom stereocenters. The van der Waals surface area contributed by atoms with Gasteiger partial charge in [-0.15, -0.1) is 0 Å². The zero-order valence-electron chi connectivity index (χ0n) is 15.0. The first-order valence-corrected chi connectivity index (χ1v) is 8.27. The summed E-state index contributed by atoms with van der Waals surface area (Å²) >= 11 is 0. The van der Waals surface area contributed by atoms with Crippen LogP contribution < -0.4 is 15.4 Å². The van der Waals surface area contributed by atoms with Crippen LogP contribution in [0.25, 0.3) is 0 Å². The van der Waals surface area contributed by atoms with Crippen LogP contribution in [-0.2, 0) is 0 Å². The van der Waals surface area contributed by atoms with Crippen LogP contribution >= 0.6 is 0 Å². The molecule has 2 aromatic carbocycles. The molecule has 2 amide bonds. The van der Waals surface area contributed by atoms with Crippen molar-refractivity contribution in [2.24, 2.45) is 0 Å². The van der Waals surface area contributed by atoms with Gasteiger partial charge >= 0.3 is 6.03 Å². The highest BCUT2D eigenvalue weighted by atomic mass is 16.5. The molecule has 0 atom stereocenters. The molecule has 0 fully saturated rings. The molecule has 0 bridgehead atoms. The fourth-order valence-electron chi connectivity index (χ4n) is 2.67. The molecule has 0 aliphatic rings. The van der Waals surface area contributed by atoms with Gasteiger partial charge in [0.2, 0.25) is 0 Å². The monoisotopic (exact) mass is 326 g/mol. The van der Waals surface area contributed by atoms with Gasteiger partial charge in [-0.2, -0.15) is 0 Å². The second-order valence-electron chi connectivity index (χ2n) is 6.43. The summed E-state index contributed by atoms with van der Waals surface area (Å²) in [5.41, 5.74) is 3.88. The van der Waals surface area contributed by atoms with E-state index in [2.05, 4.69) is 56.5 Å². The number of carbonyl (C=O) groups is 1. The fraction of sp³-hybridized carbons (Fsp3) is 0.350. The molecule has 0 saturated carbocycles. The number of para-hydroxylation sites is 1. The third kappa shape index (κ3) is 4.28. The Hall–Kier alpha value is -2.49. The number of benzene rings is 2. The Kier molecular flexibility index (Phi) is 5.85. The maximum Gasteiger partial charge on any atom is 0.323 e. The first kappa shape index (κ1) is 17.9. The van der Waals surface area contributed by atoms with Crippen LogP contribution in [0.1, 0.15) is 50.7 Å². The molecule has 0 spiro atoms. The van der Waals surface area contributed by atoms with Gasteiger partial charge in [0.1, 0.15) is 5.75 Å². The van der Waals surface area contributed by atoms with Crippen molar-refractivity contribution >= 4 is 17.4 Å². The lowest BCUT2D eigenvalue weighted by atomic mass is 9.93. The standard InChI is InChI=1S/C20H26N2O2/c1-13(2)17-10-7-11-18(14(3)4)19(17)22-20(23)21-15-8-6-9-16(12-15)24-5/h6-14H,1-5H3,(H2,21,22,23). The van der Waals surface area contributed by atoms with E-state index in [4.69, 9.17) is 4.74 Å². The van der Waals surface area contributed by atoms with Crippen molar-refractivity contribution in [3.05, 3.63) is 53.6 Å². The molecule has 4 heteroatoms. The van der Waals surface area contributed by atoms with Gasteiger partial charge in [-0.05, 0) is 35.1 Å². The molecule has 24 heavy (non-hydrogen) atoms. The van der Waals surface area contributed by atoms with Crippen LogP contribution in [0.5, 0.6) is 5.75 Å². The summed E-state index contributed by atoms with van der Waals surface area (Å²) in [6.07, 6.45) is 0. The predicted octanol–water partition coefficient (Wildman–Crippen LogP) is 5.59. The lowest BCUT2D eigenvalue weighted by Gasteiger charge is -2.20. The molecule has 0 heterocycles. The molecule has 0 aliphatic carbocycles. The second kappa shape index (κ2) is 7.86. The summed E-state index contributed by atoms with van der Waals surface area (Å²) in [5, 5.41) is 5.90. The van der Waals surface area contributed by atoms with Crippen molar-refractivity contribution in [3.8, 4) is 5.75 Å². The Morgan fingerprint density at radius 1 is 0.917 bits per heavy atom. The summed E-state index contributed by atoms with van der Waals surface area (Å²) in [4.78, 5) is 12.5. The molecule has 128 valence electrons. The van der Waals surface area contributed by atoms with Gasteiger partial charge < -0.3 is 15.4 Å². The number of carbonyl (C=O) groups excluding carboxylic acids is 1. The Morgan fingerprint density at radius 3 is 2.04 bits per heavy atom. The summed E-state index contributed by atoms with van der Waals surface area (Å²) < 4.78 is 5.18. The topological polar surface area (TPSA) is 50.4 Å². The molecular formula is C20H26N2O2. The number of methoxy groups -OCH3 is 1. The first-order chi connectivity index (χ1) is 11.4. The van der Waals surface area contributed by atoms with E-state index in [0.29, 0.717) is 23.3 Å². The van der Waals surface area contributed by atoms with Crippen LogP contribution in [0.2, 0.25) is 0 Å². The minimum Gasteiger partial charge on any atom is -0.497 e. The average molecular weight is 326 g/mol. The SMILES string of the molecule is COc1cccc(NC(=O)Nc2c(C(C)C)cccc2C(C)C)c1. The molecule has 2 rings (SSSR count). The quantitative estimate of drug-likeness (QED) is 0.753. The molecule has 0 radical (unpaired) electrons. The van der Waals surface area contributed by atoms with E-state index >= 15 is 0 Å². The number of hydrogen-bond acceptors (Lipinski definition) is 2. The Bertz CT molecular complexity index is 682. The number of urea groups is 1. The second-order valence-corrected chi connectivity index (χ2v) is 6.43. The van der Waals surface area contributed by atoms with Crippen LogP contribution in [0.4, 0.5) is 16.2 Å². The third-order valence-electron chi connectivity index (χ3n) is 3.94. The lowest BCUT2D eigenvalue weighted by Crippen LogP contribution is -2.21. The fourth-order valence-corrected chi connectivity index (χ4v) is 2.67. The van der Waals surface area contributed by atoms with E-state index in [-0.39, 0.29) is 6.03 Å². The van der Waals surface area contributed by atoms with Crippen molar-refractivity contribution in [1.82, 2.24) is 0 Å². The predicted molar refractivity (Wildman–Crippen MR) is 100 cm³/mol. The number of amides is 2. The van der Waals surface area contributed by atoms with Crippen LogP contribution in [-0.4, -0.2) is 13.1 Å². The summed E-state index contributed by atoms with van der Waals surface area (Å²) in [5.74, 6) is 1.37. The van der Waals surface area contributed by atoms with Crippen LogP contribution in [0.15, 0.2) is 42.5 Å². The zero-order chi connectivity index (χ0) is 17.7. The number of ether oxygens (including phenoxy) is 1. The van der Waals surface area contributed by atoms with Gasteiger partial charge in [-0.25, -0.2) is 4.79 Å². The summed E-state index contributed by atoms with van der Waals surface area (Å²) in [6, 6.07) is 13.2. The molecule has 2 N–H and O–H groups in total. The zero-order valence-corrected chi connectivity index (χ0v) is 15.0. The van der Waals surface area contributed by atoms with Crippen molar-refractivity contribution in [1.29, 1.82) is 0 Å².